The Morgan fingerprint density at radius 3 is 2.57 bits per heavy atom. The van der Waals surface area contributed by atoms with Gasteiger partial charge in [0.1, 0.15) is 23.8 Å². The molecule has 4 nitrogen and oxygen atoms in total. The summed E-state index contributed by atoms with van der Waals surface area (Å²) in [5.41, 5.74) is 2.70. The van der Waals surface area contributed by atoms with E-state index in [1.165, 1.54) is 0 Å². The van der Waals surface area contributed by atoms with Gasteiger partial charge in [-0.3, -0.25) is 0 Å². The van der Waals surface area contributed by atoms with E-state index in [2.05, 4.69) is 5.16 Å². The zero-order valence-electron chi connectivity index (χ0n) is 12.9. The SMILES string of the molecule is COc1ccc(-c2cc(COc3ccc(Cl)cc3C)on2)cc1. The number of rotatable bonds is 5. The monoisotopic (exact) mass is 329 g/mol. The fourth-order valence-corrected chi connectivity index (χ4v) is 2.43. The number of halogens is 1. The average molecular weight is 330 g/mol. The van der Waals surface area contributed by atoms with Crippen molar-refractivity contribution < 1.29 is 14.0 Å². The molecule has 0 N–H and O–H groups in total. The predicted molar refractivity (Wildman–Crippen MR) is 89.0 cm³/mol. The van der Waals surface area contributed by atoms with E-state index in [0.29, 0.717) is 17.4 Å². The molecule has 118 valence electrons. The summed E-state index contributed by atoms with van der Waals surface area (Å²) in [5, 5.41) is 4.76. The average Bonchev–Trinajstić information content (AvgIpc) is 3.03. The van der Waals surface area contributed by atoms with E-state index in [1.54, 1.807) is 13.2 Å². The van der Waals surface area contributed by atoms with Crippen LogP contribution in [0.25, 0.3) is 11.3 Å². The molecule has 0 aliphatic carbocycles. The van der Waals surface area contributed by atoms with E-state index in [0.717, 1.165) is 28.3 Å². The first-order chi connectivity index (χ1) is 11.2. The van der Waals surface area contributed by atoms with Crippen LogP contribution in [0.3, 0.4) is 0 Å². The maximum Gasteiger partial charge on any atom is 0.174 e. The molecule has 1 aromatic heterocycles. The summed E-state index contributed by atoms with van der Waals surface area (Å²) in [5.74, 6) is 2.24. The molecule has 0 amide bonds. The molecule has 3 aromatic rings. The van der Waals surface area contributed by atoms with Gasteiger partial charge in [0.05, 0.1) is 7.11 Å². The standard InChI is InChI=1S/C18H16ClNO3/c1-12-9-14(19)5-8-18(12)22-11-16-10-17(20-23-16)13-3-6-15(21-2)7-4-13/h3-10H,11H2,1-2H3. The molecular weight excluding hydrogens is 314 g/mol. The van der Waals surface area contributed by atoms with Gasteiger partial charge in [0, 0.05) is 16.7 Å². The lowest BCUT2D eigenvalue weighted by Gasteiger charge is -2.07. The summed E-state index contributed by atoms with van der Waals surface area (Å²) in [4.78, 5) is 0. The van der Waals surface area contributed by atoms with Crippen LogP contribution in [0.15, 0.2) is 53.1 Å². The summed E-state index contributed by atoms with van der Waals surface area (Å²) in [6, 6.07) is 15.0. The summed E-state index contributed by atoms with van der Waals surface area (Å²) in [6.07, 6.45) is 0. The number of hydrogen-bond donors (Lipinski definition) is 0. The quantitative estimate of drug-likeness (QED) is 0.668. The Bertz CT molecular complexity index is 796. The molecule has 0 unspecified atom stereocenters. The molecule has 0 aliphatic rings. The van der Waals surface area contributed by atoms with Gasteiger partial charge in [0.2, 0.25) is 0 Å². The van der Waals surface area contributed by atoms with Gasteiger partial charge >= 0.3 is 0 Å². The Kier molecular flexibility index (Phi) is 4.53. The second-order valence-electron chi connectivity index (χ2n) is 5.11. The molecule has 0 saturated carbocycles. The van der Waals surface area contributed by atoms with E-state index in [-0.39, 0.29) is 0 Å². The van der Waals surface area contributed by atoms with Crippen molar-refractivity contribution >= 4 is 11.6 Å². The van der Waals surface area contributed by atoms with Crippen LogP contribution in [0.1, 0.15) is 11.3 Å². The third kappa shape index (κ3) is 3.66. The minimum Gasteiger partial charge on any atom is -0.497 e. The van der Waals surface area contributed by atoms with Gasteiger partial charge in [0.15, 0.2) is 5.76 Å². The molecule has 2 aromatic carbocycles. The Balaban J connectivity index is 1.69. The van der Waals surface area contributed by atoms with Gasteiger partial charge in [-0.1, -0.05) is 16.8 Å². The van der Waals surface area contributed by atoms with Crippen molar-refractivity contribution in [3.8, 4) is 22.8 Å². The van der Waals surface area contributed by atoms with Gasteiger partial charge in [-0.15, -0.1) is 0 Å². The molecular formula is C18H16ClNO3. The molecule has 0 bridgehead atoms. The molecule has 0 radical (unpaired) electrons. The normalized spacial score (nSPS) is 10.6. The van der Waals surface area contributed by atoms with Gasteiger partial charge < -0.3 is 14.0 Å². The highest BCUT2D eigenvalue weighted by Crippen LogP contribution is 2.25. The van der Waals surface area contributed by atoms with Crippen LogP contribution in [0.5, 0.6) is 11.5 Å². The highest BCUT2D eigenvalue weighted by Gasteiger charge is 2.08. The molecule has 0 saturated heterocycles. The fraction of sp³-hybridized carbons (Fsp3) is 0.167. The topological polar surface area (TPSA) is 44.5 Å². The zero-order chi connectivity index (χ0) is 16.2. The van der Waals surface area contributed by atoms with Gasteiger partial charge in [-0.2, -0.15) is 0 Å². The largest absolute Gasteiger partial charge is 0.497 e. The summed E-state index contributed by atoms with van der Waals surface area (Å²) in [7, 11) is 1.64. The first kappa shape index (κ1) is 15.4. The molecule has 0 atom stereocenters. The van der Waals surface area contributed by atoms with E-state index >= 15 is 0 Å². The first-order valence-corrected chi connectivity index (χ1v) is 7.52. The molecule has 0 fully saturated rings. The van der Waals surface area contributed by atoms with Crippen molar-refractivity contribution in [2.75, 3.05) is 7.11 Å². The molecule has 5 heteroatoms. The van der Waals surface area contributed by atoms with Gasteiger partial charge in [-0.05, 0) is 55.0 Å². The summed E-state index contributed by atoms with van der Waals surface area (Å²) in [6.45, 7) is 2.26. The number of ether oxygens (including phenoxy) is 2. The minimum atomic E-state index is 0.311. The molecule has 0 spiro atoms. The lowest BCUT2D eigenvalue weighted by atomic mass is 10.1. The third-order valence-electron chi connectivity index (χ3n) is 3.45. The molecule has 3 rings (SSSR count). The molecule has 0 aliphatic heterocycles. The first-order valence-electron chi connectivity index (χ1n) is 7.14. The van der Waals surface area contributed by atoms with Crippen molar-refractivity contribution in [2.24, 2.45) is 0 Å². The van der Waals surface area contributed by atoms with E-state index in [1.807, 2.05) is 49.4 Å². The van der Waals surface area contributed by atoms with Crippen molar-refractivity contribution in [2.45, 2.75) is 13.5 Å². The fourth-order valence-electron chi connectivity index (χ4n) is 2.20. The van der Waals surface area contributed by atoms with Crippen LogP contribution in [0.4, 0.5) is 0 Å². The Hall–Kier alpha value is -2.46. The van der Waals surface area contributed by atoms with Crippen molar-refractivity contribution in [3.05, 3.63) is 64.9 Å². The Morgan fingerprint density at radius 2 is 1.87 bits per heavy atom. The van der Waals surface area contributed by atoms with Gasteiger partial charge in [0.25, 0.3) is 0 Å². The second-order valence-corrected chi connectivity index (χ2v) is 5.54. The van der Waals surface area contributed by atoms with Crippen LogP contribution in [-0.2, 0) is 6.61 Å². The van der Waals surface area contributed by atoms with Crippen LogP contribution in [0, 0.1) is 6.92 Å². The van der Waals surface area contributed by atoms with Crippen molar-refractivity contribution in [1.82, 2.24) is 5.16 Å². The minimum absolute atomic E-state index is 0.311. The maximum atomic E-state index is 5.93. The smallest absolute Gasteiger partial charge is 0.174 e. The van der Waals surface area contributed by atoms with Crippen LogP contribution >= 0.6 is 11.6 Å². The Labute approximate surface area is 139 Å². The predicted octanol–water partition coefficient (Wildman–Crippen LogP) is 4.89. The lowest BCUT2D eigenvalue weighted by molar-refractivity contribution is 0.248. The summed E-state index contributed by atoms with van der Waals surface area (Å²) < 4.78 is 16.2. The van der Waals surface area contributed by atoms with Crippen molar-refractivity contribution in [1.29, 1.82) is 0 Å². The number of nitrogens with zero attached hydrogens (tertiary/aromatic N) is 1. The highest BCUT2D eigenvalue weighted by molar-refractivity contribution is 6.30. The zero-order valence-corrected chi connectivity index (χ0v) is 13.6. The maximum absolute atomic E-state index is 5.93. The van der Waals surface area contributed by atoms with Crippen molar-refractivity contribution in [3.63, 3.8) is 0 Å². The van der Waals surface area contributed by atoms with Crippen LogP contribution in [0.2, 0.25) is 5.02 Å². The van der Waals surface area contributed by atoms with Gasteiger partial charge in [-0.25, -0.2) is 0 Å². The molecule has 23 heavy (non-hydrogen) atoms. The van der Waals surface area contributed by atoms with E-state index in [4.69, 9.17) is 25.6 Å². The number of benzene rings is 2. The third-order valence-corrected chi connectivity index (χ3v) is 3.69. The second kappa shape index (κ2) is 6.75. The Morgan fingerprint density at radius 1 is 1.09 bits per heavy atom. The molecule has 1 heterocycles. The summed E-state index contributed by atoms with van der Waals surface area (Å²) >= 11 is 5.93. The number of methoxy groups -OCH3 is 1. The van der Waals surface area contributed by atoms with Crippen LogP contribution in [-0.4, -0.2) is 12.3 Å². The number of hydrogen-bond acceptors (Lipinski definition) is 4. The van der Waals surface area contributed by atoms with E-state index in [9.17, 15) is 0 Å². The number of aromatic nitrogens is 1. The lowest BCUT2D eigenvalue weighted by Crippen LogP contribution is -1.95. The van der Waals surface area contributed by atoms with Crippen LogP contribution < -0.4 is 9.47 Å². The number of aryl methyl sites for hydroxylation is 1. The highest BCUT2D eigenvalue weighted by atomic mass is 35.5. The van der Waals surface area contributed by atoms with E-state index < -0.39 is 0 Å².